The fourth-order valence-electron chi connectivity index (χ4n) is 2.78. The van der Waals surface area contributed by atoms with E-state index in [1.165, 1.54) is 21.5 Å². The van der Waals surface area contributed by atoms with Crippen molar-refractivity contribution in [1.29, 1.82) is 0 Å². The fourth-order valence-corrected chi connectivity index (χ4v) is 2.78. The summed E-state index contributed by atoms with van der Waals surface area (Å²) >= 11 is 0. The molecule has 0 aliphatic rings. The van der Waals surface area contributed by atoms with Gasteiger partial charge in [0.2, 0.25) is 0 Å². The molecule has 0 unspecified atom stereocenters. The summed E-state index contributed by atoms with van der Waals surface area (Å²) in [6.45, 7) is 8.51. The van der Waals surface area contributed by atoms with Gasteiger partial charge in [-0.3, -0.25) is 0 Å². The molecule has 0 saturated carbocycles. The van der Waals surface area contributed by atoms with Crippen molar-refractivity contribution in [2.45, 2.75) is 6.92 Å². The van der Waals surface area contributed by atoms with Crippen molar-refractivity contribution in [3.63, 3.8) is 0 Å². The maximum Gasteiger partial charge on any atom is 4.00 e. The van der Waals surface area contributed by atoms with Gasteiger partial charge in [-0.15, -0.1) is 51.9 Å². The minimum absolute atomic E-state index is 0. The molecule has 0 bridgehead atoms. The maximum absolute atomic E-state index is 3.51. The molecule has 0 N–H and O–H groups in total. The topological polar surface area (TPSA) is 0 Å². The Labute approximate surface area is 194 Å². The summed E-state index contributed by atoms with van der Waals surface area (Å²) in [4.78, 5) is 0. The van der Waals surface area contributed by atoms with Gasteiger partial charge in [-0.2, -0.15) is 55.5 Å². The summed E-state index contributed by atoms with van der Waals surface area (Å²) in [7, 11) is 0. The van der Waals surface area contributed by atoms with Crippen LogP contribution in [0.3, 0.4) is 0 Å². The largest absolute Gasteiger partial charge is 4.00 e. The molecule has 0 aromatic heterocycles. The van der Waals surface area contributed by atoms with Crippen molar-refractivity contribution in [2.75, 3.05) is 0 Å². The SMILES string of the molecule is C=[C-]c1ccccc1.[CH2-]C.[Zr+4].c1cc[cH-]c1.c1ccc2c(c1)[cH-]c1ccccc12. The summed E-state index contributed by atoms with van der Waals surface area (Å²) in [6.07, 6.45) is 2.78. The molecule has 5 aromatic carbocycles. The van der Waals surface area contributed by atoms with Crippen LogP contribution in [0.15, 0.2) is 122 Å². The third-order valence-electron chi connectivity index (χ3n) is 4.06. The monoisotopic (exact) mass is 452 g/mol. The zero-order chi connectivity index (χ0) is 20.0. The smallest absolute Gasteiger partial charge is 0.346 e. The first-order valence-electron chi connectivity index (χ1n) is 9.37. The van der Waals surface area contributed by atoms with Crippen LogP contribution in [0.1, 0.15) is 12.5 Å². The van der Waals surface area contributed by atoms with E-state index in [1.54, 1.807) is 6.92 Å². The first kappa shape index (κ1) is 24.5. The normalized spacial score (nSPS) is 8.90. The molecular weight excluding hydrogens is 428 g/mol. The van der Waals surface area contributed by atoms with Crippen LogP contribution in [0, 0.1) is 13.0 Å². The van der Waals surface area contributed by atoms with E-state index >= 15 is 0 Å². The summed E-state index contributed by atoms with van der Waals surface area (Å²) in [5.74, 6) is 0. The predicted molar refractivity (Wildman–Crippen MR) is 125 cm³/mol. The van der Waals surface area contributed by atoms with Crippen LogP contribution in [-0.4, -0.2) is 0 Å². The molecule has 5 rings (SSSR count). The van der Waals surface area contributed by atoms with Gasteiger partial charge in [0.25, 0.3) is 0 Å². The summed E-state index contributed by atoms with van der Waals surface area (Å²) in [5, 5.41) is 5.39. The van der Waals surface area contributed by atoms with Crippen LogP contribution < -0.4 is 0 Å². The second kappa shape index (κ2) is 14.5. The standard InChI is InChI=1S/C13H9.C8H7.C5H5.C2H5.Zr/c1-3-7-12-10(5-1)9-11-6-2-4-8-13(11)12;1-2-8-6-4-3-5-7-8;1-2-4-5-3-1;1-2;/h1-9H;3-7H,1H2;1-5H;1H2,2H3;/q4*-1;+4. The molecule has 0 fully saturated rings. The molecule has 0 amide bonds. The first-order chi connectivity index (χ1) is 13.9. The molecule has 0 radical (unpaired) electrons. The van der Waals surface area contributed by atoms with Gasteiger partial charge in [0.05, 0.1) is 0 Å². The van der Waals surface area contributed by atoms with E-state index < -0.39 is 0 Å². The fraction of sp³-hybridized carbons (Fsp3) is 0.0357. The van der Waals surface area contributed by atoms with Gasteiger partial charge in [0.15, 0.2) is 0 Å². The minimum Gasteiger partial charge on any atom is -0.346 e. The Morgan fingerprint density at radius 2 is 1.10 bits per heavy atom. The van der Waals surface area contributed by atoms with Crippen LogP contribution in [0.25, 0.3) is 21.5 Å². The van der Waals surface area contributed by atoms with Crippen molar-refractivity contribution < 1.29 is 26.2 Å². The predicted octanol–water partition coefficient (Wildman–Crippen LogP) is 7.98. The van der Waals surface area contributed by atoms with E-state index in [-0.39, 0.29) is 26.2 Å². The van der Waals surface area contributed by atoms with Gasteiger partial charge in [-0.25, -0.2) is 12.1 Å². The Kier molecular flexibility index (Phi) is 12.3. The third kappa shape index (κ3) is 7.80. The van der Waals surface area contributed by atoms with Gasteiger partial charge in [0.1, 0.15) is 0 Å². The van der Waals surface area contributed by atoms with Crippen molar-refractivity contribution in [3.05, 3.63) is 140 Å². The average molecular weight is 454 g/mol. The van der Waals surface area contributed by atoms with Gasteiger partial charge < -0.3 is 6.92 Å². The minimum atomic E-state index is 0. The first-order valence-corrected chi connectivity index (χ1v) is 9.37. The van der Waals surface area contributed by atoms with Crippen molar-refractivity contribution in [1.82, 2.24) is 0 Å². The van der Waals surface area contributed by atoms with Crippen molar-refractivity contribution in [3.8, 4) is 0 Å². The Balaban J connectivity index is 0.000000227. The number of rotatable bonds is 1. The second-order valence-corrected chi connectivity index (χ2v) is 5.82. The van der Waals surface area contributed by atoms with Gasteiger partial charge in [-0.05, 0) is 0 Å². The van der Waals surface area contributed by atoms with Gasteiger partial charge >= 0.3 is 26.2 Å². The van der Waals surface area contributed by atoms with E-state index in [0.717, 1.165) is 5.56 Å². The van der Waals surface area contributed by atoms with Crippen molar-refractivity contribution >= 4 is 21.5 Å². The zero-order valence-electron chi connectivity index (χ0n) is 16.9. The summed E-state index contributed by atoms with van der Waals surface area (Å²) in [5.41, 5.74) is 1.05. The second-order valence-electron chi connectivity index (χ2n) is 5.82. The molecule has 0 aliphatic heterocycles. The van der Waals surface area contributed by atoms with Crippen molar-refractivity contribution in [2.24, 2.45) is 0 Å². The molecule has 0 heterocycles. The van der Waals surface area contributed by atoms with Crippen LogP contribution in [0.2, 0.25) is 0 Å². The maximum atomic E-state index is 3.51. The molecule has 0 nitrogen and oxygen atoms in total. The molecule has 0 atom stereocenters. The number of fused-ring (bicyclic) bond motifs is 3. The summed E-state index contributed by atoms with van der Waals surface area (Å²) < 4.78 is 0. The number of benzene rings is 3. The van der Waals surface area contributed by atoms with Crippen LogP contribution in [0.4, 0.5) is 0 Å². The molecule has 0 spiro atoms. The van der Waals surface area contributed by atoms with E-state index in [0.29, 0.717) is 0 Å². The Morgan fingerprint density at radius 1 is 0.655 bits per heavy atom. The average Bonchev–Trinajstić information content (AvgIpc) is 3.48. The molecule has 5 aromatic rings. The van der Waals surface area contributed by atoms with E-state index in [9.17, 15) is 0 Å². The summed E-state index contributed by atoms with van der Waals surface area (Å²) in [6, 6.07) is 39.1. The van der Waals surface area contributed by atoms with Crippen LogP contribution in [0.5, 0.6) is 0 Å². The van der Waals surface area contributed by atoms with Gasteiger partial charge in [0, 0.05) is 0 Å². The third-order valence-corrected chi connectivity index (χ3v) is 4.06. The Bertz CT molecular complexity index is 970. The van der Waals surface area contributed by atoms with E-state index in [2.05, 4.69) is 74.2 Å². The molecule has 0 aliphatic carbocycles. The quantitative estimate of drug-likeness (QED) is 0.226. The molecule has 29 heavy (non-hydrogen) atoms. The Hall–Kier alpha value is -2.50. The molecule has 142 valence electrons. The van der Waals surface area contributed by atoms with Gasteiger partial charge in [-0.1, -0.05) is 42.5 Å². The Morgan fingerprint density at radius 3 is 1.48 bits per heavy atom. The van der Waals surface area contributed by atoms with E-state index in [4.69, 9.17) is 0 Å². The van der Waals surface area contributed by atoms with E-state index in [1.807, 2.05) is 60.7 Å². The molecule has 1 heteroatoms. The molecular formula is C28H26Zr. The zero-order valence-corrected chi connectivity index (χ0v) is 19.3. The van der Waals surface area contributed by atoms with Crippen LogP contribution in [-0.2, 0) is 26.2 Å². The molecule has 0 saturated heterocycles. The van der Waals surface area contributed by atoms with Crippen LogP contribution >= 0.6 is 0 Å². The number of hydrogen-bond donors (Lipinski definition) is 0. The number of hydrogen-bond acceptors (Lipinski definition) is 0.